The van der Waals surface area contributed by atoms with E-state index in [2.05, 4.69) is 10.6 Å². The van der Waals surface area contributed by atoms with Gasteiger partial charge in [0.15, 0.2) is 0 Å². The number of nitrogens with one attached hydrogen (secondary N) is 2. The van der Waals surface area contributed by atoms with Crippen molar-refractivity contribution in [3.05, 3.63) is 65.7 Å². The summed E-state index contributed by atoms with van der Waals surface area (Å²) in [6.45, 7) is 4.11. The molecule has 0 bridgehead atoms. The summed E-state index contributed by atoms with van der Waals surface area (Å²) in [5.74, 6) is -0.989. The Morgan fingerprint density at radius 3 is 2.48 bits per heavy atom. The summed E-state index contributed by atoms with van der Waals surface area (Å²) in [7, 11) is -3.33. The van der Waals surface area contributed by atoms with Crippen LogP contribution in [0.3, 0.4) is 0 Å². The van der Waals surface area contributed by atoms with E-state index in [1.165, 1.54) is 4.31 Å². The summed E-state index contributed by atoms with van der Waals surface area (Å²) in [6.07, 6.45) is 1.25. The Balaban J connectivity index is 1.70. The lowest BCUT2D eigenvalue weighted by Gasteiger charge is -2.31. The van der Waals surface area contributed by atoms with Crippen molar-refractivity contribution in [2.45, 2.75) is 32.7 Å². The molecule has 1 aliphatic rings. The second-order valence-corrected chi connectivity index (χ2v) is 10.00. The SMILES string of the molecule is CCS(=O)(=O)N1CCC[C@@H](C(=O)Nc2ccccc2C(=O)N[C@@H](C)c2ccccc2)C1. The first-order valence-corrected chi connectivity index (χ1v) is 12.2. The summed E-state index contributed by atoms with van der Waals surface area (Å²) >= 11 is 0. The molecule has 0 radical (unpaired) electrons. The molecule has 0 spiro atoms. The average molecular weight is 444 g/mol. The summed E-state index contributed by atoms with van der Waals surface area (Å²) in [5.41, 5.74) is 1.77. The van der Waals surface area contributed by atoms with Crippen LogP contribution in [0.15, 0.2) is 54.6 Å². The highest BCUT2D eigenvalue weighted by atomic mass is 32.2. The zero-order chi connectivity index (χ0) is 22.4. The number of amides is 2. The molecule has 31 heavy (non-hydrogen) atoms. The average Bonchev–Trinajstić information content (AvgIpc) is 2.80. The van der Waals surface area contributed by atoms with Crippen LogP contribution in [-0.2, 0) is 14.8 Å². The monoisotopic (exact) mass is 443 g/mol. The lowest BCUT2D eigenvalue weighted by Crippen LogP contribution is -2.44. The second kappa shape index (κ2) is 10.1. The molecule has 2 N–H and O–H groups in total. The van der Waals surface area contributed by atoms with Crippen molar-refractivity contribution in [1.29, 1.82) is 0 Å². The van der Waals surface area contributed by atoms with E-state index in [4.69, 9.17) is 0 Å². The molecule has 3 rings (SSSR count). The lowest BCUT2D eigenvalue weighted by atomic mass is 9.98. The molecule has 2 aromatic carbocycles. The van der Waals surface area contributed by atoms with Crippen LogP contribution in [-0.4, -0.2) is 43.4 Å². The van der Waals surface area contributed by atoms with Crippen molar-refractivity contribution in [2.24, 2.45) is 5.92 Å². The van der Waals surface area contributed by atoms with Crippen molar-refractivity contribution >= 4 is 27.5 Å². The van der Waals surface area contributed by atoms with Crippen LogP contribution in [0.4, 0.5) is 5.69 Å². The Kier molecular flexibility index (Phi) is 7.46. The number of carbonyl (C=O) groups excluding carboxylic acids is 2. The first kappa shape index (κ1) is 23.0. The van der Waals surface area contributed by atoms with Crippen LogP contribution in [0.2, 0.25) is 0 Å². The molecular weight excluding hydrogens is 414 g/mol. The van der Waals surface area contributed by atoms with E-state index in [0.717, 1.165) is 5.56 Å². The Hall–Kier alpha value is -2.71. The molecule has 0 aliphatic carbocycles. The van der Waals surface area contributed by atoms with Crippen molar-refractivity contribution in [2.75, 3.05) is 24.2 Å². The van der Waals surface area contributed by atoms with Crippen LogP contribution in [0.1, 0.15) is 48.7 Å². The molecular formula is C23H29N3O4S. The van der Waals surface area contributed by atoms with Gasteiger partial charge in [-0.25, -0.2) is 12.7 Å². The van der Waals surface area contributed by atoms with Crippen molar-refractivity contribution < 1.29 is 18.0 Å². The zero-order valence-corrected chi connectivity index (χ0v) is 18.7. The van der Waals surface area contributed by atoms with E-state index in [9.17, 15) is 18.0 Å². The number of piperidine rings is 1. The maximum atomic E-state index is 12.9. The molecule has 8 heteroatoms. The molecule has 166 valence electrons. The standard InChI is InChI=1S/C23H29N3O4S/c1-3-31(29,30)26-15-9-12-19(16-26)22(27)25-21-14-8-7-13-20(21)23(28)24-17(2)18-10-5-4-6-11-18/h4-8,10-11,13-14,17,19H,3,9,12,15-16H2,1-2H3,(H,24,28)(H,25,27)/t17-,19+/m0/s1. The van der Waals surface area contributed by atoms with Gasteiger partial charge in [0.05, 0.1) is 29.0 Å². The van der Waals surface area contributed by atoms with Crippen LogP contribution >= 0.6 is 0 Å². The van der Waals surface area contributed by atoms with E-state index in [0.29, 0.717) is 30.6 Å². The summed E-state index contributed by atoms with van der Waals surface area (Å²) in [4.78, 5) is 25.8. The molecule has 2 atom stereocenters. The summed E-state index contributed by atoms with van der Waals surface area (Å²) in [6, 6.07) is 16.3. The van der Waals surface area contributed by atoms with Gasteiger partial charge in [-0.05, 0) is 44.4 Å². The number of anilines is 1. The van der Waals surface area contributed by atoms with Gasteiger partial charge in [0.25, 0.3) is 5.91 Å². The van der Waals surface area contributed by atoms with Crippen molar-refractivity contribution in [3.8, 4) is 0 Å². The highest BCUT2D eigenvalue weighted by molar-refractivity contribution is 7.89. The number of hydrogen-bond donors (Lipinski definition) is 2. The summed E-state index contributed by atoms with van der Waals surface area (Å²) in [5, 5.41) is 5.81. The number of nitrogens with zero attached hydrogens (tertiary/aromatic N) is 1. The van der Waals surface area contributed by atoms with Crippen molar-refractivity contribution in [3.63, 3.8) is 0 Å². The fourth-order valence-electron chi connectivity index (χ4n) is 3.72. The Bertz CT molecular complexity index is 1020. The largest absolute Gasteiger partial charge is 0.345 e. The third-order valence-corrected chi connectivity index (χ3v) is 7.44. The number of hydrogen-bond acceptors (Lipinski definition) is 4. The minimum atomic E-state index is -3.33. The first-order chi connectivity index (χ1) is 14.8. The molecule has 0 unspecified atom stereocenters. The number of carbonyl (C=O) groups is 2. The van der Waals surface area contributed by atoms with Gasteiger partial charge >= 0.3 is 0 Å². The molecule has 2 amide bonds. The quantitative estimate of drug-likeness (QED) is 0.687. The van der Waals surface area contributed by atoms with Gasteiger partial charge in [0.2, 0.25) is 15.9 Å². The number of para-hydroxylation sites is 1. The minimum absolute atomic E-state index is 0.0178. The first-order valence-electron chi connectivity index (χ1n) is 10.6. The van der Waals surface area contributed by atoms with E-state index >= 15 is 0 Å². The van der Waals surface area contributed by atoms with E-state index < -0.39 is 15.9 Å². The topological polar surface area (TPSA) is 95.6 Å². The predicted molar refractivity (Wildman–Crippen MR) is 121 cm³/mol. The predicted octanol–water partition coefficient (Wildman–Crippen LogP) is 3.18. The van der Waals surface area contributed by atoms with Crippen LogP contribution in [0, 0.1) is 5.92 Å². The molecule has 1 saturated heterocycles. The van der Waals surface area contributed by atoms with Gasteiger partial charge in [0.1, 0.15) is 0 Å². The molecule has 1 fully saturated rings. The van der Waals surface area contributed by atoms with Gasteiger partial charge in [0, 0.05) is 13.1 Å². The molecule has 1 heterocycles. The van der Waals surface area contributed by atoms with E-state index in [-0.39, 0.29) is 30.2 Å². The molecule has 0 saturated carbocycles. The van der Waals surface area contributed by atoms with Gasteiger partial charge < -0.3 is 10.6 Å². The smallest absolute Gasteiger partial charge is 0.253 e. The van der Waals surface area contributed by atoms with Gasteiger partial charge in [-0.15, -0.1) is 0 Å². The van der Waals surface area contributed by atoms with Crippen molar-refractivity contribution in [1.82, 2.24) is 9.62 Å². The Labute approximate surface area is 183 Å². The number of benzene rings is 2. The van der Waals surface area contributed by atoms with Gasteiger partial charge in [-0.3, -0.25) is 9.59 Å². The highest BCUT2D eigenvalue weighted by Crippen LogP contribution is 2.23. The normalized spacial score (nSPS) is 18.2. The maximum absolute atomic E-state index is 12.9. The third kappa shape index (κ3) is 5.71. The number of sulfonamides is 1. The molecule has 7 nitrogen and oxygen atoms in total. The Morgan fingerprint density at radius 2 is 1.77 bits per heavy atom. The highest BCUT2D eigenvalue weighted by Gasteiger charge is 2.31. The molecule has 1 aliphatic heterocycles. The maximum Gasteiger partial charge on any atom is 0.253 e. The summed E-state index contributed by atoms with van der Waals surface area (Å²) < 4.78 is 25.8. The van der Waals surface area contributed by atoms with E-state index in [1.54, 1.807) is 31.2 Å². The van der Waals surface area contributed by atoms with E-state index in [1.807, 2.05) is 37.3 Å². The van der Waals surface area contributed by atoms with Gasteiger partial charge in [-0.1, -0.05) is 42.5 Å². The molecule has 0 aromatic heterocycles. The van der Waals surface area contributed by atoms with Crippen LogP contribution in [0.5, 0.6) is 0 Å². The second-order valence-electron chi connectivity index (χ2n) is 7.74. The number of rotatable bonds is 7. The van der Waals surface area contributed by atoms with Crippen LogP contribution < -0.4 is 10.6 Å². The lowest BCUT2D eigenvalue weighted by molar-refractivity contribution is -0.120. The third-order valence-electron chi connectivity index (χ3n) is 5.59. The Morgan fingerprint density at radius 1 is 1.10 bits per heavy atom. The fourth-order valence-corrected chi connectivity index (χ4v) is 4.90. The zero-order valence-electron chi connectivity index (χ0n) is 17.9. The van der Waals surface area contributed by atoms with Gasteiger partial charge in [-0.2, -0.15) is 0 Å². The molecule has 2 aromatic rings. The fraction of sp³-hybridized carbons (Fsp3) is 0.391. The minimum Gasteiger partial charge on any atom is -0.345 e. The van der Waals surface area contributed by atoms with Crippen LogP contribution in [0.25, 0.3) is 0 Å².